The molecule has 1 aliphatic rings. The fourth-order valence-electron chi connectivity index (χ4n) is 2.28. The number of hydrogen-bond acceptors (Lipinski definition) is 5. The summed E-state index contributed by atoms with van der Waals surface area (Å²) in [6.07, 6.45) is 2.68. The highest BCUT2D eigenvalue weighted by Gasteiger charge is 2.26. The van der Waals surface area contributed by atoms with Crippen LogP contribution in [-0.2, 0) is 4.79 Å². The number of aromatic nitrogens is 1. The minimum Gasteiger partial charge on any atom is -0.481 e. The lowest BCUT2D eigenvalue weighted by molar-refractivity contribution is -0.385. The number of aliphatic carboxylic acids is 1. The Morgan fingerprint density at radius 3 is 2.95 bits per heavy atom. The normalized spacial score (nSPS) is 19.2. The van der Waals surface area contributed by atoms with Crippen molar-refractivity contribution in [2.24, 2.45) is 5.92 Å². The molecule has 1 saturated heterocycles. The van der Waals surface area contributed by atoms with E-state index in [-0.39, 0.29) is 5.69 Å². The zero-order chi connectivity index (χ0) is 14.0. The molecule has 2 rings (SSSR count). The first kappa shape index (κ1) is 13.3. The molecular formula is C12H15N3O4. The highest BCUT2D eigenvalue weighted by molar-refractivity contribution is 5.71. The Morgan fingerprint density at radius 1 is 1.63 bits per heavy atom. The number of hydrogen-bond donors (Lipinski definition) is 1. The molecule has 2 heterocycles. The highest BCUT2D eigenvalue weighted by atomic mass is 16.6. The zero-order valence-electron chi connectivity index (χ0n) is 10.6. The number of nitro groups is 1. The maximum Gasteiger partial charge on any atom is 0.308 e. The van der Waals surface area contributed by atoms with E-state index in [0.717, 1.165) is 13.0 Å². The molecule has 0 amide bonds. The second-order valence-corrected chi connectivity index (χ2v) is 4.71. The van der Waals surface area contributed by atoms with Crippen LogP contribution in [0.3, 0.4) is 0 Å². The summed E-state index contributed by atoms with van der Waals surface area (Å²) in [5.74, 6) is -0.594. The van der Waals surface area contributed by atoms with Crippen LogP contribution in [0.2, 0.25) is 0 Å². The molecule has 0 spiro atoms. The molecule has 102 valence electrons. The predicted octanol–water partition coefficient (Wildman–Crippen LogP) is 1.60. The van der Waals surface area contributed by atoms with E-state index < -0.39 is 16.8 Å². The third-order valence-electron chi connectivity index (χ3n) is 3.36. The Labute approximate surface area is 110 Å². The lowest BCUT2D eigenvalue weighted by Gasteiger charge is -2.31. The van der Waals surface area contributed by atoms with E-state index in [9.17, 15) is 14.9 Å². The fraction of sp³-hybridized carbons (Fsp3) is 0.500. The Balaban J connectivity index is 2.20. The molecule has 7 heteroatoms. The summed E-state index contributed by atoms with van der Waals surface area (Å²) in [7, 11) is 0. The van der Waals surface area contributed by atoms with E-state index in [1.165, 1.54) is 6.20 Å². The van der Waals surface area contributed by atoms with Gasteiger partial charge >= 0.3 is 5.97 Å². The van der Waals surface area contributed by atoms with E-state index in [4.69, 9.17) is 5.11 Å². The van der Waals surface area contributed by atoms with E-state index in [2.05, 4.69) is 4.98 Å². The van der Waals surface area contributed by atoms with Crippen molar-refractivity contribution in [3.8, 4) is 0 Å². The monoisotopic (exact) mass is 265 g/mol. The molecule has 1 atom stereocenters. The number of anilines is 1. The van der Waals surface area contributed by atoms with E-state index in [1.807, 2.05) is 4.90 Å². The first-order valence-electron chi connectivity index (χ1n) is 6.08. The topological polar surface area (TPSA) is 96.6 Å². The molecule has 1 aromatic rings. The second kappa shape index (κ2) is 5.21. The van der Waals surface area contributed by atoms with Crippen LogP contribution in [0.5, 0.6) is 0 Å². The van der Waals surface area contributed by atoms with Gasteiger partial charge in [-0.25, -0.2) is 4.98 Å². The summed E-state index contributed by atoms with van der Waals surface area (Å²) in [4.78, 5) is 27.2. The average Bonchev–Trinajstić information content (AvgIpc) is 2.38. The molecule has 1 aromatic heterocycles. The summed E-state index contributed by atoms with van der Waals surface area (Å²) in [6.45, 7) is 2.79. The van der Waals surface area contributed by atoms with E-state index >= 15 is 0 Å². The van der Waals surface area contributed by atoms with Crippen molar-refractivity contribution in [2.45, 2.75) is 19.8 Å². The summed E-state index contributed by atoms with van der Waals surface area (Å²) in [5.41, 5.74) is 0.517. The maximum absolute atomic E-state index is 11.0. The van der Waals surface area contributed by atoms with Gasteiger partial charge in [0.05, 0.1) is 10.8 Å². The maximum atomic E-state index is 11.0. The van der Waals surface area contributed by atoms with Crippen molar-refractivity contribution in [3.63, 3.8) is 0 Å². The molecule has 0 radical (unpaired) electrons. The number of aryl methyl sites for hydroxylation is 1. The largest absolute Gasteiger partial charge is 0.481 e. The van der Waals surface area contributed by atoms with Gasteiger partial charge in [0.1, 0.15) is 12.0 Å². The number of rotatable bonds is 3. The van der Waals surface area contributed by atoms with Crippen LogP contribution in [0.4, 0.5) is 11.5 Å². The summed E-state index contributed by atoms with van der Waals surface area (Å²) < 4.78 is 0. The van der Waals surface area contributed by atoms with Crippen molar-refractivity contribution < 1.29 is 14.8 Å². The second-order valence-electron chi connectivity index (χ2n) is 4.71. The Hall–Kier alpha value is -2.18. The van der Waals surface area contributed by atoms with Gasteiger partial charge in [-0.15, -0.1) is 0 Å². The van der Waals surface area contributed by atoms with Crippen LogP contribution in [0.1, 0.15) is 18.4 Å². The third kappa shape index (κ3) is 2.81. The molecule has 0 saturated carbocycles. The van der Waals surface area contributed by atoms with Crippen LogP contribution in [-0.4, -0.2) is 34.1 Å². The summed E-state index contributed by atoms with van der Waals surface area (Å²) in [6, 6.07) is 1.64. The molecule has 1 aliphatic heterocycles. The van der Waals surface area contributed by atoms with Crippen molar-refractivity contribution in [3.05, 3.63) is 27.9 Å². The Kier molecular flexibility index (Phi) is 3.64. The standard InChI is InChI=1S/C12H15N3O4/c1-8-5-11(13-6-10(8)15(18)19)14-4-2-3-9(7-14)12(16)17/h5-6,9H,2-4,7H2,1H3,(H,16,17). The van der Waals surface area contributed by atoms with Gasteiger partial charge in [0.25, 0.3) is 5.69 Å². The lowest BCUT2D eigenvalue weighted by atomic mass is 9.98. The van der Waals surface area contributed by atoms with Gasteiger partial charge in [-0.3, -0.25) is 14.9 Å². The molecule has 7 nitrogen and oxygen atoms in total. The smallest absolute Gasteiger partial charge is 0.308 e. The molecule has 1 N–H and O–H groups in total. The highest BCUT2D eigenvalue weighted by Crippen LogP contribution is 2.25. The van der Waals surface area contributed by atoms with Crippen LogP contribution in [0.15, 0.2) is 12.3 Å². The third-order valence-corrected chi connectivity index (χ3v) is 3.36. The van der Waals surface area contributed by atoms with E-state index in [0.29, 0.717) is 24.3 Å². The zero-order valence-corrected chi connectivity index (χ0v) is 10.6. The predicted molar refractivity (Wildman–Crippen MR) is 68.2 cm³/mol. The fourth-order valence-corrected chi connectivity index (χ4v) is 2.28. The molecule has 1 fully saturated rings. The first-order chi connectivity index (χ1) is 8.99. The average molecular weight is 265 g/mol. The van der Waals surface area contributed by atoms with Crippen LogP contribution < -0.4 is 4.90 Å². The van der Waals surface area contributed by atoms with Crippen LogP contribution in [0, 0.1) is 23.0 Å². The van der Waals surface area contributed by atoms with Crippen LogP contribution >= 0.6 is 0 Å². The van der Waals surface area contributed by atoms with Gasteiger partial charge in [-0.1, -0.05) is 0 Å². The van der Waals surface area contributed by atoms with Gasteiger partial charge in [0.15, 0.2) is 0 Å². The molecule has 19 heavy (non-hydrogen) atoms. The number of carboxylic acids is 1. The lowest BCUT2D eigenvalue weighted by Crippen LogP contribution is -2.39. The summed E-state index contributed by atoms with van der Waals surface area (Å²) in [5, 5.41) is 19.8. The SMILES string of the molecule is Cc1cc(N2CCCC(C(=O)O)C2)ncc1[N+](=O)[O-]. The van der Waals surface area contributed by atoms with Crippen LogP contribution in [0.25, 0.3) is 0 Å². The number of pyridine rings is 1. The molecule has 0 aliphatic carbocycles. The molecular weight excluding hydrogens is 250 g/mol. The molecule has 1 unspecified atom stereocenters. The van der Waals surface area contributed by atoms with Gasteiger partial charge in [-0.05, 0) is 25.8 Å². The first-order valence-corrected chi connectivity index (χ1v) is 6.08. The van der Waals surface area contributed by atoms with Gasteiger partial charge in [-0.2, -0.15) is 0 Å². The minimum absolute atomic E-state index is 0.0180. The number of carboxylic acid groups (broad SMARTS) is 1. The Bertz CT molecular complexity index is 518. The van der Waals surface area contributed by atoms with E-state index in [1.54, 1.807) is 13.0 Å². The molecule has 0 bridgehead atoms. The quantitative estimate of drug-likeness (QED) is 0.658. The number of carbonyl (C=O) groups is 1. The van der Waals surface area contributed by atoms with Gasteiger partial charge in [0, 0.05) is 18.7 Å². The van der Waals surface area contributed by atoms with Crippen molar-refractivity contribution in [1.82, 2.24) is 4.98 Å². The van der Waals surface area contributed by atoms with Crippen molar-refractivity contribution in [2.75, 3.05) is 18.0 Å². The summed E-state index contributed by atoms with van der Waals surface area (Å²) >= 11 is 0. The van der Waals surface area contributed by atoms with Crippen molar-refractivity contribution in [1.29, 1.82) is 0 Å². The number of piperidine rings is 1. The number of nitrogens with zero attached hydrogens (tertiary/aromatic N) is 3. The van der Waals surface area contributed by atoms with Gasteiger partial charge < -0.3 is 10.0 Å². The molecule has 0 aromatic carbocycles. The minimum atomic E-state index is -0.802. The Morgan fingerprint density at radius 2 is 2.37 bits per heavy atom. The van der Waals surface area contributed by atoms with Gasteiger partial charge in [0.2, 0.25) is 0 Å². The van der Waals surface area contributed by atoms with Crippen molar-refractivity contribution >= 4 is 17.5 Å².